The molecule has 7 nitrogen and oxygen atoms in total. The predicted molar refractivity (Wildman–Crippen MR) is 75.1 cm³/mol. The molecule has 0 saturated carbocycles. The first-order valence-electron chi connectivity index (χ1n) is 6.71. The Bertz CT molecular complexity index is 356. The molecular formula is C13H25N3O4. The molecule has 0 aromatic carbocycles. The van der Waals surface area contributed by atoms with Crippen molar-refractivity contribution in [1.29, 1.82) is 0 Å². The first-order valence-corrected chi connectivity index (χ1v) is 6.71. The monoisotopic (exact) mass is 287 g/mol. The van der Waals surface area contributed by atoms with Crippen molar-refractivity contribution in [2.75, 3.05) is 19.6 Å². The van der Waals surface area contributed by atoms with Crippen molar-refractivity contribution in [3.05, 3.63) is 0 Å². The summed E-state index contributed by atoms with van der Waals surface area (Å²) in [7, 11) is 0. The van der Waals surface area contributed by atoms with Crippen LogP contribution >= 0.6 is 0 Å². The number of amides is 3. The van der Waals surface area contributed by atoms with Crippen LogP contribution in [0.15, 0.2) is 0 Å². The number of hydrogen-bond acceptors (Lipinski definition) is 3. The van der Waals surface area contributed by atoms with E-state index in [2.05, 4.69) is 5.32 Å². The fourth-order valence-electron chi connectivity index (χ4n) is 1.71. The second-order valence-electron chi connectivity index (χ2n) is 5.52. The van der Waals surface area contributed by atoms with E-state index in [4.69, 9.17) is 10.8 Å². The number of rotatable bonds is 9. The van der Waals surface area contributed by atoms with Crippen molar-refractivity contribution in [2.24, 2.45) is 11.1 Å². The van der Waals surface area contributed by atoms with Gasteiger partial charge in [-0.2, -0.15) is 0 Å². The van der Waals surface area contributed by atoms with Crippen LogP contribution < -0.4 is 11.1 Å². The summed E-state index contributed by atoms with van der Waals surface area (Å²) in [4.78, 5) is 34.4. The zero-order chi connectivity index (χ0) is 15.8. The number of primary amides is 1. The van der Waals surface area contributed by atoms with Crippen LogP contribution in [0, 0.1) is 5.41 Å². The SMILES string of the molecule is CCN(CC(N)=O)C(=O)NCCC(C)(C)CCC(=O)O. The molecule has 0 rings (SSSR count). The van der Waals surface area contributed by atoms with E-state index in [0.717, 1.165) is 0 Å². The molecule has 0 heterocycles. The van der Waals surface area contributed by atoms with Crippen LogP contribution in [0.2, 0.25) is 0 Å². The molecule has 0 aliphatic rings. The van der Waals surface area contributed by atoms with E-state index in [-0.39, 0.29) is 24.4 Å². The lowest BCUT2D eigenvalue weighted by molar-refractivity contribution is -0.137. The summed E-state index contributed by atoms with van der Waals surface area (Å²) in [6.07, 6.45) is 1.33. The van der Waals surface area contributed by atoms with Crippen molar-refractivity contribution in [3.63, 3.8) is 0 Å². The minimum atomic E-state index is -0.819. The van der Waals surface area contributed by atoms with E-state index in [9.17, 15) is 14.4 Å². The molecule has 0 unspecified atom stereocenters. The molecule has 0 aliphatic heterocycles. The highest BCUT2D eigenvalue weighted by Crippen LogP contribution is 2.25. The number of hydrogen-bond donors (Lipinski definition) is 3. The molecule has 0 aromatic heterocycles. The highest BCUT2D eigenvalue weighted by atomic mass is 16.4. The van der Waals surface area contributed by atoms with Gasteiger partial charge in [0.15, 0.2) is 0 Å². The Kier molecular flexibility index (Phi) is 7.64. The van der Waals surface area contributed by atoms with E-state index >= 15 is 0 Å². The van der Waals surface area contributed by atoms with Crippen LogP contribution in [0.3, 0.4) is 0 Å². The van der Waals surface area contributed by atoms with Crippen molar-refractivity contribution in [1.82, 2.24) is 10.2 Å². The summed E-state index contributed by atoms with van der Waals surface area (Å²) in [6.45, 7) is 6.41. The minimum absolute atomic E-state index is 0.106. The maximum atomic E-state index is 11.8. The van der Waals surface area contributed by atoms with Gasteiger partial charge >= 0.3 is 12.0 Å². The van der Waals surface area contributed by atoms with Gasteiger partial charge in [-0.1, -0.05) is 13.8 Å². The number of carbonyl (C=O) groups is 3. The van der Waals surface area contributed by atoms with Gasteiger partial charge in [0.1, 0.15) is 6.54 Å². The molecule has 0 fully saturated rings. The van der Waals surface area contributed by atoms with Crippen LogP contribution in [0.4, 0.5) is 4.79 Å². The quantitative estimate of drug-likeness (QED) is 0.581. The Hall–Kier alpha value is -1.79. The van der Waals surface area contributed by atoms with Crippen molar-refractivity contribution in [3.8, 4) is 0 Å². The summed E-state index contributed by atoms with van der Waals surface area (Å²) in [5.74, 6) is -1.37. The molecule has 0 aliphatic carbocycles. The minimum Gasteiger partial charge on any atom is -0.481 e. The van der Waals surface area contributed by atoms with Gasteiger partial charge in [-0.05, 0) is 25.2 Å². The lowest BCUT2D eigenvalue weighted by Gasteiger charge is -2.25. The lowest BCUT2D eigenvalue weighted by atomic mass is 9.84. The van der Waals surface area contributed by atoms with Gasteiger partial charge in [0.25, 0.3) is 0 Å². The Balaban J connectivity index is 4.11. The number of carboxylic acids is 1. The standard InChI is InChI=1S/C13H25N3O4/c1-4-16(9-10(14)17)12(20)15-8-7-13(2,3)6-5-11(18)19/h4-9H2,1-3H3,(H2,14,17)(H,15,20)(H,18,19). The van der Waals surface area contributed by atoms with Crippen LogP contribution in [-0.4, -0.2) is 47.5 Å². The summed E-state index contributed by atoms with van der Waals surface area (Å²) in [6, 6.07) is -0.333. The zero-order valence-corrected chi connectivity index (χ0v) is 12.4. The van der Waals surface area contributed by atoms with Crippen molar-refractivity contribution in [2.45, 2.75) is 40.0 Å². The number of likely N-dealkylation sites (N-methyl/N-ethyl adjacent to an activating group) is 1. The fraction of sp³-hybridized carbons (Fsp3) is 0.769. The second-order valence-corrected chi connectivity index (χ2v) is 5.52. The average Bonchev–Trinajstić information content (AvgIpc) is 2.33. The summed E-state index contributed by atoms with van der Waals surface area (Å²) < 4.78 is 0. The maximum absolute atomic E-state index is 11.8. The smallest absolute Gasteiger partial charge is 0.317 e. The van der Waals surface area contributed by atoms with Gasteiger partial charge < -0.3 is 21.1 Å². The topological polar surface area (TPSA) is 113 Å². The molecule has 0 spiro atoms. The third kappa shape index (κ3) is 8.34. The first kappa shape index (κ1) is 18.2. The number of nitrogens with two attached hydrogens (primary N) is 1. The van der Waals surface area contributed by atoms with E-state index in [1.165, 1.54) is 4.90 Å². The number of carboxylic acid groups (broad SMARTS) is 1. The van der Waals surface area contributed by atoms with Crippen molar-refractivity contribution >= 4 is 17.9 Å². The van der Waals surface area contributed by atoms with E-state index in [0.29, 0.717) is 25.9 Å². The predicted octanol–water partition coefficient (Wildman–Crippen LogP) is 0.784. The number of urea groups is 1. The van der Waals surface area contributed by atoms with E-state index < -0.39 is 11.9 Å². The Morgan fingerprint density at radius 2 is 1.85 bits per heavy atom. The van der Waals surface area contributed by atoms with Crippen molar-refractivity contribution < 1.29 is 19.5 Å². The normalized spacial score (nSPS) is 10.9. The highest BCUT2D eigenvalue weighted by Gasteiger charge is 2.20. The van der Waals surface area contributed by atoms with Crippen LogP contribution in [0.1, 0.15) is 40.0 Å². The third-order valence-corrected chi connectivity index (χ3v) is 3.11. The molecule has 0 radical (unpaired) electrons. The zero-order valence-electron chi connectivity index (χ0n) is 12.4. The maximum Gasteiger partial charge on any atom is 0.317 e. The van der Waals surface area contributed by atoms with E-state index in [1.807, 2.05) is 13.8 Å². The second kappa shape index (κ2) is 8.39. The molecule has 116 valence electrons. The summed E-state index contributed by atoms with van der Waals surface area (Å²) in [5, 5.41) is 11.4. The first-order chi connectivity index (χ1) is 9.18. The van der Waals surface area contributed by atoms with Gasteiger partial charge in [0, 0.05) is 19.5 Å². The third-order valence-electron chi connectivity index (χ3n) is 3.11. The molecular weight excluding hydrogens is 262 g/mol. The van der Waals surface area contributed by atoms with Crippen LogP contribution in [0.25, 0.3) is 0 Å². The Morgan fingerprint density at radius 1 is 1.25 bits per heavy atom. The molecule has 0 saturated heterocycles. The van der Waals surface area contributed by atoms with Gasteiger partial charge in [0.2, 0.25) is 5.91 Å². The molecule has 0 atom stereocenters. The van der Waals surface area contributed by atoms with Gasteiger partial charge in [-0.15, -0.1) is 0 Å². The number of nitrogens with zero attached hydrogens (tertiary/aromatic N) is 1. The van der Waals surface area contributed by atoms with E-state index in [1.54, 1.807) is 6.92 Å². The molecule has 4 N–H and O–H groups in total. The largest absolute Gasteiger partial charge is 0.481 e. The van der Waals surface area contributed by atoms with Gasteiger partial charge in [-0.3, -0.25) is 9.59 Å². The van der Waals surface area contributed by atoms with Gasteiger partial charge in [-0.25, -0.2) is 4.79 Å². The molecule has 0 bridgehead atoms. The number of nitrogens with one attached hydrogen (secondary N) is 1. The number of aliphatic carboxylic acids is 1. The lowest BCUT2D eigenvalue weighted by Crippen LogP contribution is -2.44. The molecule has 3 amide bonds. The molecule has 0 aromatic rings. The molecule has 7 heteroatoms. The Morgan fingerprint density at radius 3 is 2.30 bits per heavy atom. The van der Waals surface area contributed by atoms with Crippen LogP contribution in [0.5, 0.6) is 0 Å². The Labute approximate surface area is 119 Å². The average molecular weight is 287 g/mol. The van der Waals surface area contributed by atoms with Gasteiger partial charge in [0.05, 0.1) is 0 Å². The summed E-state index contributed by atoms with van der Waals surface area (Å²) >= 11 is 0. The molecule has 20 heavy (non-hydrogen) atoms. The highest BCUT2D eigenvalue weighted by molar-refractivity contribution is 5.82. The fourth-order valence-corrected chi connectivity index (χ4v) is 1.71. The van der Waals surface area contributed by atoms with Crippen LogP contribution in [-0.2, 0) is 9.59 Å². The summed E-state index contributed by atoms with van der Waals surface area (Å²) in [5.41, 5.74) is 4.90. The number of carbonyl (C=O) groups excluding carboxylic acids is 2.